The van der Waals surface area contributed by atoms with Crippen molar-refractivity contribution in [2.24, 2.45) is 7.05 Å². The predicted octanol–water partition coefficient (Wildman–Crippen LogP) is 0.776. The van der Waals surface area contributed by atoms with Gasteiger partial charge in [-0.2, -0.15) is 0 Å². The lowest BCUT2D eigenvalue weighted by atomic mass is 10.2. The Hall–Kier alpha value is -1.89. The maximum Gasteiger partial charge on any atom is 0.323 e. The summed E-state index contributed by atoms with van der Waals surface area (Å²) in [4.78, 5) is 23.6. The number of carbonyl (C=O) groups is 1. The number of amides is 1. The number of hydrogen-bond donors (Lipinski definition) is 1. The number of aliphatic hydroxyl groups is 1. The third-order valence-electron chi connectivity index (χ3n) is 2.73. The molecule has 7 heteroatoms. The Balaban J connectivity index is 2.81. The molecule has 0 aliphatic heterocycles. The van der Waals surface area contributed by atoms with Gasteiger partial charge in [0.2, 0.25) is 0 Å². The van der Waals surface area contributed by atoms with Crippen molar-refractivity contribution < 1.29 is 14.8 Å². The van der Waals surface area contributed by atoms with Crippen LogP contribution in [0.1, 0.15) is 23.8 Å². The topological polar surface area (TPSA) is 88.6 Å². The highest BCUT2D eigenvalue weighted by Crippen LogP contribution is 2.16. The molecule has 0 radical (unpaired) electrons. The summed E-state index contributed by atoms with van der Waals surface area (Å²) in [6.45, 7) is 2.04. The molecule has 1 unspecified atom stereocenters. The molecule has 0 bridgehead atoms. The molecule has 7 nitrogen and oxygen atoms in total. The SMILES string of the molecule is CC(O)CCN(C)C(=O)c1ccc([N+](=O)[O-])n1C. The first-order valence-electron chi connectivity index (χ1n) is 5.58. The minimum atomic E-state index is -0.535. The summed E-state index contributed by atoms with van der Waals surface area (Å²) in [6, 6.07) is 2.73. The predicted molar refractivity (Wildman–Crippen MR) is 65.3 cm³/mol. The first kappa shape index (κ1) is 14.2. The van der Waals surface area contributed by atoms with Gasteiger partial charge in [0.05, 0.1) is 13.2 Å². The lowest BCUT2D eigenvalue weighted by molar-refractivity contribution is -0.391. The smallest absolute Gasteiger partial charge is 0.323 e. The van der Waals surface area contributed by atoms with Crippen LogP contribution in [0.25, 0.3) is 0 Å². The summed E-state index contributed by atoms with van der Waals surface area (Å²) in [5.41, 5.74) is 0.259. The summed E-state index contributed by atoms with van der Waals surface area (Å²) in [7, 11) is 3.08. The molecule has 1 N–H and O–H groups in total. The van der Waals surface area contributed by atoms with E-state index in [9.17, 15) is 14.9 Å². The molecule has 0 aliphatic rings. The van der Waals surface area contributed by atoms with E-state index in [1.807, 2.05) is 0 Å². The molecular weight excluding hydrogens is 238 g/mol. The van der Waals surface area contributed by atoms with Crippen molar-refractivity contribution in [1.29, 1.82) is 0 Å². The molecule has 0 saturated carbocycles. The average Bonchev–Trinajstić information content (AvgIpc) is 2.66. The van der Waals surface area contributed by atoms with Crippen LogP contribution in [0, 0.1) is 10.1 Å². The van der Waals surface area contributed by atoms with Gasteiger partial charge in [-0.3, -0.25) is 4.79 Å². The van der Waals surface area contributed by atoms with Crippen LogP contribution in [0.15, 0.2) is 12.1 Å². The monoisotopic (exact) mass is 255 g/mol. The number of nitro groups is 1. The van der Waals surface area contributed by atoms with Crippen molar-refractivity contribution in [3.05, 3.63) is 27.9 Å². The Morgan fingerprint density at radius 1 is 1.61 bits per heavy atom. The lowest BCUT2D eigenvalue weighted by Gasteiger charge is -2.16. The highest BCUT2D eigenvalue weighted by atomic mass is 16.6. The van der Waals surface area contributed by atoms with Gasteiger partial charge in [0.1, 0.15) is 0 Å². The summed E-state index contributed by atoms with van der Waals surface area (Å²) in [5, 5.41) is 19.8. The zero-order valence-electron chi connectivity index (χ0n) is 10.7. The van der Waals surface area contributed by atoms with Gasteiger partial charge in [-0.1, -0.05) is 0 Å². The minimum Gasteiger partial charge on any atom is -0.393 e. The van der Waals surface area contributed by atoms with Crippen LogP contribution < -0.4 is 0 Å². The summed E-state index contributed by atoms with van der Waals surface area (Å²) >= 11 is 0. The average molecular weight is 255 g/mol. The number of hydrogen-bond acceptors (Lipinski definition) is 4. The lowest BCUT2D eigenvalue weighted by Crippen LogP contribution is -2.30. The second-order valence-electron chi connectivity index (χ2n) is 4.26. The van der Waals surface area contributed by atoms with Crippen molar-refractivity contribution in [3.8, 4) is 0 Å². The second kappa shape index (κ2) is 5.63. The van der Waals surface area contributed by atoms with E-state index < -0.39 is 11.0 Å². The van der Waals surface area contributed by atoms with E-state index in [4.69, 9.17) is 5.11 Å². The highest BCUT2D eigenvalue weighted by Gasteiger charge is 2.23. The maximum absolute atomic E-state index is 12.0. The van der Waals surface area contributed by atoms with Crippen LogP contribution in [-0.2, 0) is 7.05 Å². The molecular formula is C11H17N3O4. The molecule has 100 valence electrons. The molecule has 1 atom stereocenters. The molecule has 0 aliphatic carbocycles. The van der Waals surface area contributed by atoms with E-state index in [2.05, 4.69) is 0 Å². The number of rotatable bonds is 5. The summed E-state index contributed by atoms with van der Waals surface area (Å²) in [5.74, 6) is -0.423. The Morgan fingerprint density at radius 3 is 2.67 bits per heavy atom. The van der Waals surface area contributed by atoms with E-state index in [1.54, 1.807) is 14.0 Å². The molecule has 1 heterocycles. The molecule has 0 aromatic carbocycles. The van der Waals surface area contributed by atoms with Crippen LogP contribution in [-0.4, -0.2) is 45.1 Å². The van der Waals surface area contributed by atoms with Crippen molar-refractivity contribution in [1.82, 2.24) is 9.47 Å². The molecule has 0 saturated heterocycles. The molecule has 18 heavy (non-hydrogen) atoms. The summed E-state index contributed by atoms with van der Waals surface area (Å²) < 4.78 is 1.25. The van der Waals surface area contributed by atoms with Crippen molar-refractivity contribution >= 4 is 11.7 Å². The zero-order valence-corrected chi connectivity index (χ0v) is 10.7. The van der Waals surface area contributed by atoms with Gasteiger partial charge in [-0.25, -0.2) is 4.57 Å². The van der Waals surface area contributed by atoms with Crippen molar-refractivity contribution in [2.45, 2.75) is 19.4 Å². The zero-order chi connectivity index (χ0) is 13.9. The third kappa shape index (κ3) is 3.07. The first-order valence-corrected chi connectivity index (χ1v) is 5.58. The van der Waals surface area contributed by atoms with Crippen LogP contribution in [0.3, 0.4) is 0 Å². The Labute approximate surface area is 105 Å². The van der Waals surface area contributed by atoms with Gasteiger partial charge in [-0.05, 0) is 24.3 Å². The molecule has 0 spiro atoms. The molecule has 1 rings (SSSR count). The second-order valence-corrected chi connectivity index (χ2v) is 4.26. The van der Waals surface area contributed by atoms with E-state index >= 15 is 0 Å². The number of carbonyl (C=O) groups excluding carboxylic acids is 1. The summed E-state index contributed by atoms with van der Waals surface area (Å²) in [6.07, 6.45) is -0.0163. The number of nitrogens with zero attached hydrogens (tertiary/aromatic N) is 3. The quantitative estimate of drug-likeness (QED) is 0.622. The fourth-order valence-corrected chi connectivity index (χ4v) is 1.58. The van der Waals surface area contributed by atoms with Crippen LogP contribution in [0.2, 0.25) is 0 Å². The Bertz CT molecular complexity index is 453. The largest absolute Gasteiger partial charge is 0.393 e. The maximum atomic E-state index is 12.0. The highest BCUT2D eigenvalue weighted by molar-refractivity contribution is 5.93. The van der Waals surface area contributed by atoms with Crippen molar-refractivity contribution in [3.63, 3.8) is 0 Å². The number of aliphatic hydroxyl groups excluding tert-OH is 1. The fraction of sp³-hybridized carbons (Fsp3) is 0.545. The fourth-order valence-electron chi connectivity index (χ4n) is 1.58. The Kier molecular flexibility index (Phi) is 4.43. The minimum absolute atomic E-state index is 0.123. The van der Waals surface area contributed by atoms with Crippen LogP contribution >= 0.6 is 0 Å². The van der Waals surface area contributed by atoms with Gasteiger partial charge in [0.25, 0.3) is 5.91 Å². The first-order chi connectivity index (χ1) is 8.34. The van der Waals surface area contributed by atoms with E-state index in [-0.39, 0.29) is 17.4 Å². The third-order valence-corrected chi connectivity index (χ3v) is 2.73. The van der Waals surface area contributed by atoms with E-state index in [0.29, 0.717) is 13.0 Å². The normalized spacial score (nSPS) is 12.2. The van der Waals surface area contributed by atoms with Gasteiger partial charge in [0, 0.05) is 19.7 Å². The molecule has 0 fully saturated rings. The Morgan fingerprint density at radius 2 is 2.22 bits per heavy atom. The van der Waals surface area contributed by atoms with Crippen LogP contribution in [0.4, 0.5) is 5.82 Å². The van der Waals surface area contributed by atoms with Gasteiger partial charge < -0.3 is 20.1 Å². The molecule has 1 aromatic rings. The molecule has 1 aromatic heterocycles. The standard InChI is InChI=1S/C11H17N3O4/c1-8(15)6-7-12(2)11(16)9-4-5-10(13(9)3)14(17)18/h4-5,8,15H,6-7H2,1-3H3. The van der Waals surface area contributed by atoms with E-state index in [1.165, 1.54) is 28.6 Å². The molecule has 1 amide bonds. The van der Waals surface area contributed by atoms with Gasteiger partial charge >= 0.3 is 5.82 Å². The van der Waals surface area contributed by atoms with E-state index in [0.717, 1.165) is 0 Å². The van der Waals surface area contributed by atoms with Gasteiger partial charge in [0.15, 0.2) is 5.69 Å². The number of aromatic nitrogens is 1. The van der Waals surface area contributed by atoms with Crippen molar-refractivity contribution in [2.75, 3.05) is 13.6 Å². The van der Waals surface area contributed by atoms with Crippen LogP contribution in [0.5, 0.6) is 0 Å². The van der Waals surface area contributed by atoms with Gasteiger partial charge in [-0.15, -0.1) is 0 Å².